The Morgan fingerprint density at radius 1 is 1.14 bits per heavy atom. The second kappa shape index (κ2) is 4.29. The number of carbonyl (C=O) groups is 1. The number of rotatable bonds is 1. The van der Waals surface area contributed by atoms with Crippen molar-refractivity contribution in [1.29, 1.82) is 0 Å². The molecule has 2 aromatic carbocycles. The van der Waals surface area contributed by atoms with Gasteiger partial charge >= 0.3 is 0 Å². The molecule has 0 amide bonds. The van der Waals surface area contributed by atoms with Crippen LogP contribution in [0.15, 0.2) is 47.1 Å². The van der Waals surface area contributed by atoms with Gasteiger partial charge in [-0.2, -0.15) is 0 Å². The molecule has 3 aromatic rings. The van der Waals surface area contributed by atoms with Gasteiger partial charge in [-0.1, -0.05) is 19.1 Å². The Kier molecular flexibility index (Phi) is 2.52. The summed E-state index contributed by atoms with van der Waals surface area (Å²) in [6.07, 6.45) is 2.10. The fourth-order valence-electron chi connectivity index (χ4n) is 3.15. The minimum atomic E-state index is -0.306. The second-order valence-electron chi connectivity index (χ2n) is 5.62. The van der Waals surface area contributed by atoms with Gasteiger partial charge in [0.05, 0.1) is 6.26 Å². The van der Waals surface area contributed by atoms with Gasteiger partial charge in [-0.3, -0.25) is 4.79 Å². The largest absolute Gasteiger partial charge is 0.464 e. The molecule has 0 spiro atoms. The molecular weight excluding hydrogens is 267 g/mol. The summed E-state index contributed by atoms with van der Waals surface area (Å²) in [7, 11) is 0. The number of benzene rings is 2. The van der Waals surface area contributed by atoms with Gasteiger partial charge in [0.15, 0.2) is 5.78 Å². The molecule has 1 heterocycles. The average Bonchev–Trinajstić information content (AvgIpc) is 3.03. The molecule has 0 bridgehead atoms. The molecule has 0 fully saturated rings. The van der Waals surface area contributed by atoms with E-state index in [-0.39, 0.29) is 17.5 Å². The monoisotopic (exact) mass is 280 g/mol. The zero-order valence-electron chi connectivity index (χ0n) is 11.5. The predicted octanol–water partition coefficient (Wildman–Crippen LogP) is 4.93. The van der Waals surface area contributed by atoms with Gasteiger partial charge in [0.2, 0.25) is 0 Å². The highest BCUT2D eigenvalue weighted by Crippen LogP contribution is 2.37. The Bertz CT molecular complexity index is 876. The van der Waals surface area contributed by atoms with Crippen molar-refractivity contribution < 1.29 is 13.6 Å². The van der Waals surface area contributed by atoms with Gasteiger partial charge in [-0.25, -0.2) is 4.39 Å². The number of hydrogen-bond donors (Lipinski definition) is 0. The maximum Gasteiger partial charge on any atom is 0.163 e. The standard InChI is InChI=1S/C18H13FO2/c1-10-6-17(20)16-8-11(2-3-14(10)16)15-9-13(19)7-12-4-5-21-18(12)15/h2-5,7-10H,6H2,1H3. The molecule has 1 aliphatic carbocycles. The summed E-state index contributed by atoms with van der Waals surface area (Å²) < 4.78 is 19.2. The highest BCUT2D eigenvalue weighted by Gasteiger charge is 2.26. The summed E-state index contributed by atoms with van der Waals surface area (Å²) in [5.41, 5.74) is 3.98. The highest BCUT2D eigenvalue weighted by atomic mass is 19.1. The number of fused-ring (bicyclic) bond motifs is 2. The van der Waals surface area contributed by atoms with Crippen molar-refractivity contribution in [2.24, 2.45) is 0 Å². The normalized spacial score (nSPS) is 17.4. The number of halogens is 1. The molecular formula is C18H13FO2. The van der Waals surface area contributed by atoms with Gasteiger partial charge in [-0.15, -0.1) is 0 Å². The number of hydrogen-bond acceptors (Lipinski definition) is 2. The van der Waals surface area contributed by atoms with Crippen LogP contribution < -0.4 is 0 Å². The molecule has 104 valence electrons. The van der Waals surface area contributed by atoms with Crippen LogP contribution in [0.1, 0.15) is 35.2 Å². The summed E-state index contributed by atoms with van der Waals surface area (Å²) in [6, 6.07) is 10.4. The molecule has 1 aliphatic rings. The van der Waals surface area contributed by atoms with Crippen molar-refractivity contribution in [3.8, 4) is 11.1 Å². The quantitative estimate of drug-likeness (QED) is 0.632. The van der Waals surface area contributed by atoms with Crippen molar-refractivity contribution in [2.75, 3.05) is 0 Å². The van der Waals surface area contributed by atoms with Crippen molar-refractivity contribution >= 4 is 16.8 Å². The van der Waals surface area contributed by atoms with Crippen LogP contribution in [-0.4, -0.2) is 5.78 Å². The first-order valence-corrected chi connectivity index (χ1v) is 6.98. The van der Waals surface area contributed by atoms with Crippen molar-refractivity contribution in [1.82, 2.24) is 0 Å². The lowest BCUT2D eigenvalue weighted by molar-refractivity contribution is 0.0990. The minimum absolute atomic E-state index is 0.159. The molecule has 4 rings (SSSR count). The van der Waals surface area contributed by atoms with Gasteiger partial charge in [-0.05, 0) is 41.3 Å². The number of furan rings is 1. The van der Waals surface area contributed by atoms with Crippen molar-refractivity contribution in [2.45, 2.75) is 19.3 Å². The SMILES string of the molecule is CC1CC(=O)c2cc(-c3cc(F)cc4ccoc34)ccc21. The lowest BCUT2D eigenvalue weighted by Crippen LogP contribution is -1.92. The van der Waals surface area contributed by atoms with E-state index >= 15 is 0 Å². The molecule has 0 radical (unpaired) electrons. The molecule has 1 aromatic heterocycles. The number of Topliss-reactive ketones (excluding diaryl/α,β-unsaturated/α-hetero) is 1. The third-order valence-corrected chi connectivity index (χ3v) is 4.20. The van der Waals surface area contributed by atoms with E-state index < -0.39 is 0 Å². The van der Waals surface area contributed by atoms with Crippen molar-refractivity contribution in [3.05, 3.63) is 59.6 Å². The summed E-state index contributed by atoms with van der Waals surface area (Å²) in [5, 5.41) is 0.727. The Morgan fingerprint density at radius 3 is 2.86 bits per heavy atom. The second-order valence-corrected chi connectivity index (χ2v) is 5.62. The van der Waals surface area contributed by atoms with Gasteiger partial charge in [0.1, 0.15) is 11.4 Å². The summed E-state index contributed by atoms with van der Waals surface area (Å²) in [6.45, 7) is 2.05. The number of carbonyl (C=O) groups excluding carboxylic acids is 1. The van der Waals surface area contributed by atoms with E-state index in [0.717, 1.165) is 22.1 Å². The smallest absolute Gasteiger partial charge is 0.163 e. The lowest BCUT2D eigenvalue weighted by atomic mass is 9.97. The fourth-order valence-corrected chi connectivity index (χ4v) is 3.15. The lowest BCUT2D eigenvalue weighted by Gasteiger charge is -2.07. The number of ketones is 1. The van der Waals surface area contributed by atoms with E-state index in [2.05, 4.69) is 6.92 Å². The molecule has 2 nitrogen and oxygen atoms in total. The first-order chi connectivity index (χ1) is 10.1. The summed E-state index contributed by atoms with van der Waals surface area (Å²) >= 11 is 0. The molecule has 3 heteroatoms. The Labute approximate surface area is 121 Å². The topological polar surface area (TPSA) is 30.2 Å². The minimum Gasteiger partial charge on any atom is -0.464 e. The fraction of sp³-hybridized carbons (Fsp3) is 0.167. The average molecular weight is 280 g/mol. The third kappa shape index (κ3) is 1.81. The van der Waals surface area contributed by atoms with Crippen LogP contribution >= 0.6 is 0 Å². The maximum absolute atomic E-state index is 13.8. The Hall–Kier alpha value is -2.42. The van der Waals surface area contributed by atoms with Crippen LogP contribution in [0.3, 0.4) is 0 Å². The van der Waals surface area contributed by atoms with E-state index in [1.807, 2.05) is 18.2 Å². The van der Waals surface area contributed by atoms with E-state index in [1.165, 1.54) is 12.1 Å². The van der Waals surface area contributed by atoms with Crippen molar-refractivity contribution in [3.63, 3.8) is 0 Å². The molecule has 0 aliphatic heterocycles. The van der Waals surface area contributed by atoms with E-state index in [0.29, 0.717) is 17.6 Å². The summed E-state index contributed by atoms with van der Waals surface area (Å²) in [5.74, 6) is 0.114. The Balaban J connectivity index is 1.96. The van der Waals surface area contributed by atoms with Crippen LogP contribution in [0.4, 0.5) is 4.39 Å². The van der Waals surface area contributed by atoms with E-state index in [4.69, 9.17) is 4.42 Å². The van der Waals surface area contributed by atoms with Crippen LogP contribution in [0.25, 0.3) is 22.1 Å². The molecule has 0 N–H and O–H groups in total. The van der Waals surface area contributed by atoms with Crippen LogP contribution in [0.5, 0.6) is 0 Å². The third-order valence-electron chi connectivity index (χ3n) is 4.20. The Morgan fingerprint density at radius 2 is 2.00 bits per heavy atom. The molecule has 1 atom stereocenters. The molecule has 0 saturated carbocycles. The first-order valence-electron chi connectivity index (χ1n) is 6.98. The first kappa shape index (κ1) is 12.3. The zero-order valence-corrected chi connectivity index (χ0v) is 11.5. The highest BCUT2D eigenvalue weighted by molar-refractivity contribution is 6.03. The zero-order chi connectivity index (χ0) is 14.6. The van der Waals surface area contributed by atoms with Crippen LogP contribution in [0, 0.1) is 5.82 Å². The van der Waals surface area contributed by atoms with Crippen LogP contribution in [-0.2, 0) is 0 Å². The van der Waals surface area contributed by atoms with Crippen LogP contribution in [0.2, 0.25) is 0 Å². The molecule has 21 heavy (non-hydrogen) atoms. The predicted molar refractivity (Wildman–Crippen MR) is 79.0 cm³/mol. The summed E-state index contributed by atoms with van der Waals surface area (Å²) in [4.78, 5) is 12.0. The van der Waals surface area contributed by atoms with E-state index in [9.17, 15) is 9.18 Å². The van der Waals surface area contributed by atoms with Gasteiger partial charge in [0, 0.05) is 22.9 Å². The van der Waals surface area contributed by atoms with E-state index in [1.54, 1.807) is 12.3 Å². The molecule has 0 saturated heterocycles. The van der Waals surface area contributed by atoms with Gasteiger partial charge in [0.25, 0.3) is 0 Å². The molecule has 1 unspecified atom stereocenters. The maximum atomic E-state index is 13.8. The van der Waals surface area contributed by atoms with Gasteiger partial charge < -0.3 is 4.42 Å².